The molecule has 0 aliphatic carbocycles. The third-order valence-electron chi connectivity index (χ3n) is 3.90. The molecule has 27 heavy (non-hydrogen) atoms. The van der Waals surface area contributed by atoms with E-state index in [4.69, 9.17) is 4.74 Å². The molecule has 7 nitrogen and oxygen atoms in total. The number of ether oxygens (including phenoxy) is 1. The fourth-order valence-corrected chi connectivity index (χ4v) is 2.88. The molecule has 0 radical (unpaired) electrons. The van der Waals surface area contributed by atoms with E-state index in [1.54, 1.807) is 13.3 Å². The molecule has 1 heterocycles. The van der Waals surface area contributed by atoms with Crippen LogP contribution >= 0.6 is 15.9 Å². The van der Waals surface area contributed by atoms with Gasteiger partial charge in [0.15, 0.2) is 0 Å². The lowest BCUT2D eigenvalue weighted by Gasteiger charge is -2.09. The molecule has 2 amide bonds. The van der Waals surface area contributed by atoms with Gasteiger partial charge in [-0.05, 0) is 44.2 Å². The smallest absolute Gasteiger partial charge is 0.249 e. The molecule has 1 aromatic heterocycles. The molecule has 0 saturated carbocycles. The summed E-state index contributed by atoms with van der Waals surface area (Å²) in [6, 6.07) is 10.0. The van der Waals surface area contributed by atoms with Crippen LogP contribution in [0.25, 0.3) is 5.69 Å². The molecule has 0 saturated heterocycles. The van der Waals surface area contributed by atoms with Crippen molar-refractivity contribution in [2.75, 3.05) is 20.3 Å². The molecule has 0 aliphatic rings. The highest BCUT2D eigenvalue weighted by Gasteiger charge is 2.10. The fraction of sp³-hybridized carbons (Fsp3) is 0.316. The van der Waals surface area contributed by atoms with Gasteiger partial charge in [0.05, 0.1) is 12.8 Å². The zero-order valence-corrected chi connectivity index (χ0v) is 17.2. The van der Waals surface area contributed by atoms with Crippen LogP contribution in [0.3, 0.4) is 0 Å². The van der Waals surface area contributed by atoms with Gasteiger partial charge in [-0.2, -0.15) is 5.10 Å². The Morgan fingerprint density at radius 3 is 2.59 bits per heavy atom. The molecular formula is C19H23BrN4O3. The number of benzene rings is 1. The standard InChI is InChI=1S/C19H23BrN4O3/c1-13-10-15(14(2)24(13)17-6-4-16(20)5-7-17)12-22-23-19(26)11-18(25)21-8-9-27-3/h4-7,10,12H,8-9,11H2,1-3H3,(H,21,25)(H,23,26)/b22-12+. The van der Waals surface area contributed by atoms with Crippen LogP contribution in [-0.2, 0) is 14.3 Å². The Bertz CT molecular complexity index is 828. The Kier molecular flexibility index (Phi) is 7.75. The first kappa shape index (κ1) is 20.9. The third-order valence-corrected chi connectivity index (χ3v) is 4.43. The quantitative estimate of drug-likeness (QED) is 0.289. The number of aromatic nitrogens is 1. The molecule has 0 aliphatic heterocycles. The maximum Gasteiger partial charge on any atom is 0.249 e. The van der Waals surface area contributed by atoms with Crippen LogP contribution in [0.2, 0.25) is 0 Å². The highest BCUT2D eigenvalue weighted by atomic mass is 79.9. The number of nitrogens with one attached hydrogen (secondary N) is 2. The summed E-state index contributed by atoms with van der Waals surface area (Å²) in [6.07, 6.45) is 1.30. The van der Waals surface area contributed by atoms with Crippen LogP contribution in [-0.4, -0.2) is 42.9 Å². The number of amides is 2. The monoisotopic (exact) mass is 434 g/mol. The lowest BCUT2D eigenvalue weighted by Crippen LogP contribution is -2.31. The minimum Gasteiger partial charge on any atom is -0.383 e. The van der Waals surface area contributed by atoms with Gasteiger partial charge >= 0.3 is 0 Å². The van der Waals surface area contributed by atoms with Crippen LogP contribution < -0.4 is 10.7 Å². The summed E-state index contributed by atoms with van der Waals surface area (Å²) in [6.45, 7) is 4.77. The molecule has 0 atom stereocenters. The van der Waals surface area contributed by atoms with Crippen molar-refractivity contribution in [1.29, 1.82) is 0 Å². The summed E-state index contributed by atoms with van der Waals surface area (Å²) in [7, 11) is 1.54. The Hall–Kier alpha value is -2.45. The van der Waals surface area contributed by atoms with Gasteiger partial charge in [-0.15, -0.1) is 0 Å². The van der Waals surface area contributed by atoms with Gasteiger partial charge in [-0.25, -0.2) is 5.43 Å². The summed E-state index contributed by atoms with van der Waals surface area (Å²) in [5.74, 6) is -0.837. The van der Waals surface area contributed by atoms with E-state index in [-0.39, 0.29) is 12.3 Å². The van der Waals surface area contributed by atoms with Crippen molar-refractivity contribution < 1.29 is 14.3 Å². The van der Waals surface area contributed by atoms with Gasteiger partial charge in [0, 0.05) is 40.8 Å². The molecule has 8 heteroatoms. The first-order valence-corrected chi connectivity index (χ1v) is 9.24. The summed E-state index contributed by atoms with van der Waals surface area (Å²) < 4.78 is 7.96. The second-order valence-electron chi connectivity index (χ2n) is 5.95. The SMILES string of the molecule is COCCNC(=O)CC(=O)N/N=C/c1cc(C)n(-c2ccc(Br)cc2)c1C. The molecular weight excluding hydrogens is 412 g/mol. The Balaban J connectivity index is 1.97. The average molecular weight is 435 g/mol. The maximum atomic E-state index is 11.8. The van der Waals surface area contributed by atoms with Crippen LogP contribution in [0.5, 0.6) is 0 Å². The number of rotatable bonds is 8. The van der Waals surface area contributed by atoms with E-state index < -0.39 is 5.91 Å². The molecule has 0 bridgehead atoms. The number of carbonyl (C=O) groups is 2. The number of nitrogens with zero attached hydrogens (tertiary/aromatic N) is 2. The third kappa shape index (κ3) is 6.04. The summed E-state index contributed by atoms with van der Waals surface area (Å²) in [5, 5.41) is 6.55. The Morgan fingerprint density at radius 1 is 1.22 bits per heavy atom. The minimum absolute atomic E-state index is 0.279. The molecule has 0 unspecified atom stereocenters. The zero-order chi connectivity index (χ0) is 19.8. The lowest BCUT2D eigenvalue weighted by molar-refractivity contribution is -0.129. The average Bonchev–Trinajstić information content (AvgIpc) is 2.90. The normalized spacial score (nSPS) is 11.0. The second kappa shape index (κ2) is 10.0. The Labute approximate surface area is 166 Å². The Morgan fingerprint density at radius 2 is 1.93 bits per heavy atom. The van der Waals surface area contributed by atoms with Crippen molar-refractivity contribution in [2.45, 2.75) is 20.3 Å². The molecule has 0 fully saturated rings. The van der Waals surface area contributed by atoms with E-state index in [1.165, 1.54) is 0 Å². The predicted molar refractivity (Wildman–Crippen MR) is 108 cm³/mol. The molecule has 0 spiro atoms. The van der Waals surface area contributed by atoms with Gasteiger partial charge in [-0.1, -0.05) is 15.9 Å². The number of carbonyl (C=O) groups excluding carboxylic acids is 2. The maximum absolute atomic E-state index is 11.8. The molecule has 2 aromatic rings. The van der Waals surface area contributed by atoms with Gasteiger partial charge in [0.1, 0.15) is 6.42 Å². The van der Waals surface area contributed by atoms with Gasteiger partial charge < -0.3 is 14.6 Å². The summed E-state index contributed by atoms with van der Waals surface area (Å²) in [5.41, 5.74) is 6.37. The van der Waals surface area contributed by atoms with Crippen LogP contribution in [0.1, 0.15) is 23.4 Å². The van der Waals surface area contributed by atoms with Gasteiger partial charge in [0.25, 0.3) is 0 Å². The second-order valence-corrected chi connectivity index (χ2v) is 6.87. The summed E-state index contributed by atoms with van der Waals surface area (Å²) in [4.78, 5) is 23.3. The van der Waals surface area contributed by atoms with E-state index in [0.717, 1.165) is 27.1 Å². The van der Waals surface area contributed by atoms with E-state index >= 15 is 0 Å². The number of hydrogen-bond acceptors (Lipinski definition) is 4. The highest BCUT2D eigenvalue weighted by Crippen LogP contribution is 2.21. The number of methoxy groups -OCH3 is 1. The van der Waals surface area contributed by atoms with Crippen molar-refractivity contribution in [3.63, 3.8) is 0 Å². The van der Waals surface area contributed by atoms with E-state index in [1.807, 2.05) is 44.2 Å². The van der Waals surface area contributed by atoms with Gasteiger partial charge in [0.2, 0.25) is 11.8 Å². The first-order chi connectivity index (χ1) is 12.9. The van der Waals surface area contributed by atoms with Crippen LogP contribution in [0, 0.1) is 13.8 Å². The van der Waals surface area contributed by atoms with Crippen LogP contribution in [0.4, 0.5) is 0 Å². The topological polar surface area (TPSA) is 84.7 Å². The van der Waals surface area contributed by atoms with E-state index in [2.05, 4.69) is 36.3 Å². The van der Waals surface area contributed by atoms with Crippen molar-refractivity contribution in [2.24, 2.45) is 5.10 Å². The molecule has 2 rings (SSSR count). The molecule has 1 aromatic carbocycles. The van der Waals surface area contributed by atoms with Crippen molar-refractivity contribution in [1.82, 2.24) is 15.3 Å². The van der Waals surface area contributed by atoms with Crippen LogP contribution in [0.15, 0.2) is 39.9 Å². The summed E-state index contributed by atoms with van der Waals surface area (Å²) >= 11 is 3.44. The molecule has 144 valence electrons. The van der Waals surface area contributed by atoms with Crippen molar-refractivity contribution in [3.8, 4) is 5.69 Å². The fourth-order valence-electron chi connectivity index (χ4n) is 2.62. The van der Waals surface area contributed by atoms with Gasteiger partial charge in [-0.3, -0.25) is 9.59 Å². The molecule has 2 N–H and O–H groups in total. The predicted octanol–water partition coefficient (Wildman–Crippen LogP) is 2.46. The first-order valence-electron chi connectivity index (χ1n) is 8.44. The van der Waals surface area contributed by atoms with Crippen molar-refractivity contribution >= 4 is 34.0 Å². The highest BCUT2D eigenvalue weighted by molar-refractivity contribution is 9.10. The number of halogens is 1. The largest absolute Gasteiger partial charge is 0.383 e. The van der Waals surface area contributed by atoms with E-state index in [0.29, 0.717) is 13.2 Å². The lowest BCUT2D eigenvalue weighted by atomic mass is 10.2. The minimum atomic E-state index is -0.470. The number of hydrogen-bond donors (Lipinski definition) is 2. The van der Waals surface area contributed by atoms with E-state index in [9.17, 15) is 9.59 Å². The number of aryl methyl sites for hydroxylation is 1. The zero-order valence-electron chi connectivity index (χ0n) is 15.6. The number of hydrazone groups is 1. The van der Waals surface area contributed by atoms with Crippen molar-refractivity contribution in [3.05, 3.63) is 51.8 Å².